The molecule has 4 N–H and O–H groups in total. The lowest BCUT2D eigenvalue weighted by molar-refractivity contribution is -0.153. The van der Waals surface area contributed by atoms with Crippen LogP contribution in [-0.4, -0.2) is 95.7 Å². The standard InChI is InChI=1S/C20H33N3O11S/c1-12(34-17(29)5-4-16(28)33-3)6-13(25)7-22-18(30)21(2)19(31)23(20(22)32)8-14(26)10-35-11-15(27)9-24/h12-15,24-27H,4-11H2,1-3H3. The molecule has 1 aromatic rings. The molecule has 0 radical (unpaired) electrons. The first kappa shape index (κ1) is 30.6. The molecule has 1 heterocycles. The minimum atomic E-state index is -1.30. The van der Waals surface area contributed by atoms with Crippen LogP contribution in [0.3, 0.4) is 0 Å². The lowest BCUT2D eigenvalue weighted by atomic mass is 10.1. The minimum absolute atomic E-state index is 0.0489. The average molecular weight is 524 g/mol. The first-order valence-electron chi connectivity index (χ1n) is 10.8. The molecular formula is C20H33N3O11S. The number of aliphatic hydroxyl groups excluding tert-OH is 4. The molecular weight excluding hydrogens is 490 g/mol. The second kappa shape index (κ2) is 14.8. The van der Waals surface area contributed by atoms with Crippen molar-refractivity contribution in [2.24, 2.45) is 7.05 Å². The largest absolute Gasteiger partial charge is 0.469 e. The highest BCUT2D eigenvalue weighted by atomic mass is 32.2. The van der Waals surface area contributed by atoms with E-state index in [4.69, 9.17) is 9.84 Å². The Bertz CT molecular complexity index is 1020. The number of rotatable bonds is 15. The van der Waals surface area contributed by atoms with Crippen LogP contribution in [0.5, 0.6) is 0 Å². The molecule has 4 atom stereocenters. The predicted octanol–water partition coefficient (Wildman–Crippen LogP) is -3.21. The van der Waals surface area contributed by atoms with Crippen LogP contribution in [0.4, 0.5) is 0 Å². The van der Waals surface area contributed by atoms with Gasteiger partial charge >= 0.3 is 29.0 Å². The topological polar surface area (TPSA) is 200 Å². The van der Waals surface area contributed by atoms with E-state index in [9.17, 15) is 39.3 Å². The van der Waals surface area contributed by atoms with Gasteiger partial charge in [-0.2, -0.15) is 11.8 Å². The number of aliphatic hydroxyl groups is 4. The third-order valence-corrected chi connectivity index (χ3v) is 6.05. The van der Waals surface area contributed by atoms with Crippen LogP contribution in [0.15, 0.2) is 14.4 Å². The first-order chi connectivity index (χ1) is 16.4. The number of methoxy groups -OCH3 is 1. The van der Waals surface area contributed by atoms with Gasteiger partial charge in [0.2, 0.25) is 0 Å². The molecule has 200 valence electrons. The summed E-state index contributed by atoms with van der Waals surface area (Å²) in [4.78, 5) is 60.5. The van der Waals surface area contributed by atoms with Gasteiger partial charge in [0, 0.05) is 25.0 Å². The van der Waals surface area contributed by atoms with Gasteiger partial charge in [0.1, 0.15) is 6.10 Å². The maximum Gasteiger partial charge on any atom is 0.336 e. The maximum absolute atomic E-state index is 12.8. The number of esters is 2. The van der Waals surface area contributed by atoms with Crippen molar-refractivity contribution in [3.63, 3.8) is 0 Å². The number of hydrogen-bond acceptors (Lipinski definition) is 12. The Hall–Kier alpha value is -2.46. The van der Waals surface area contributed by atoms with E-state index >= 15 is 0 Å². The summed E-state index contributed by atoms with van der Waals surface area (Å²) in [5.74, 6) is -1.08. The van der Waals surface area contributed by atoms with Crippen molar-refractivity contribution in [3.05, 3.63) is 31.5 Å². The fourth-order valence-corrected chi connectivity index (χ4v) is 3.92. The van der Waals surface area contributed by atoms with Gasteiger partial charge in [-0.25, -0.2) is 28.1 Å². The van der Waals surface area contributed by atoms with E-state index in [1.807, 2.05) is 0 Å². The molecule has 1 rings (SSSR count). The molecule has 0 aromatic carbocycles. The number of aromatic nitrogens is 3. The van der Waals surface area contributed by atoms with Gasteiger partial charge < -0.3 is 29.9 Å². The third kappa shape index (κ3) is 9.97. The SMILES string of the molecule is COC(=O)CCC(=O)OC(C)CC(O)Cn1c(=O)n(C)c(=O)n(CC(O)CSCC(O)CO)c1=O. The number of thioether (sulfide) groups is 1. The molecule has 0 aliphatic carbocycles. The summed E-state index contributed by atoms with van der Waals surface area (Å²) in [6.07, 6.45) is -4.74. The van der Waals surface area contributed by atoms with Crippen molar-refractivity contribution in [1.29, 1.82) is 0 Å². The second-order valence-corrected chi connectivity index (χ2v) is 9.00. The van der Waals surface area contributed by atoms with Gasteiger partial charge in [-0.3, -0.25) is 9.59 Å². The molecule has 0 saturated heterocycles. The van der Waals surface area contributed by atoms with Gasteiger partial charge in [0.05, 0.1) is 58.0 Å². The fourth-order valence-electron chi connectivity index (χ4n) is 3.03. The van der Waals surface area contributed by atoms with Crippen LogP contribution >= 0.6 is 11.8 Å². The summed E-state index contributed by atoms with van der Waals surface area (Å²) < 4.78 is 11.5. The summed E-state index contributed by atoms with van der Waals surface area (Å²) in [6, 6.07) is 0. The van der Waals surface area contributed by atoms with E-state index in [1.165, 1.54) is 14.0 Å². The molecule has 35 heavy (non-hydrogen) atoms. The zero-order valence-corrected chi connectivity index (χ0v) is 20.7. The third-order valence-electron chi connectivity index (χ3n) is 4.81. The van der Waals surface area contributed by atoms with Gasteiger partial charge in [-0.1, -0.05) is 0 Å². The number of carbonyl (C=O) groups excluding carboxylic acids is 2. The highest BCUT2D eigenvalue weighted by Gasteiger charge is 2.21. The van der Waals surface area contributed by atoms with Crippen LogP contribution < -0.4 is 17.1 Å². The number of hydrogen-bond donors (Lipinski definition) is 4. The number of nitrogens with zero attached hydrogens (tertiary/aromatic N) is 3. The van der Waals surface area contributed by atoms with Crippen LogP contribution in [-0.2, 0) is 39.2 Å². The molecule has 0 saturated carbocycles. The van der Waals surface area contributed by atoms with Gasteiger partial charge in [0.15, 0.2) is 0 Å². The van der Waals surface area contributed by atoms with Crippen molar-refractivity contribution in [3.8, 4) is 0 Å². The van der Waals surface area contributed by atoms with Crippen LogP contribution in [0, 0.1) is 0 Å². The predicted molar refractivity (Wildman–Crippen MR) is 124 cm³/mol. The maximum atomic E-state index is 12.8. The van der Waals surface area contributed by atoms with E-state index in [1.54, 1.807) is 0 Å². The van der Waals surface area contributed by atoms with Crippen molar-refractivity contribution in [2.45, 2.75) is 63.7 Å². The highest BCUT2D eigenvalue weighted by Crippen LogP contribution is 2.07. The average Bonchev–Trinajstić information content (AvgIpc) is 2.81. The smallest absolute Gasteiger partial charge is 0.336 e. The Morgan fingerprint density at radius 1 is 0.886 bits per heavy atom. The summed E-state index contributed by atoms with van der Waals surface area (Å²) >= 11 is 1.11. The lowest BCUT2D eigenvalue weighted by Gasteiger charge is -2.19. The van der Waals surface area contributed by atoms with E-state index in [-0.39, 0.29) is 30.8 Å². The van der Waals surface area contributed by atoms with E-state index in [0.717, 1.165) is 18.8 Å². The molecule has 0 spiro atoms. The molecule has 0 bridgehead atoms. The lowest BCUT2D eigenvalue weighted by Crippen LogP contribution is -2.55. The van der Waals surface area contributed by atoms with Crippen molar-refractivity contribution in [1.82, 2.24) is 13.7 Å². The quantitative estimate of drug-likeness (QED) is 0.168. The molecule has 0 aliphatic rings. The van der Waals surface area contributed by atoms with Gasteiger partial charge in [-0.05, 0) is 6.92 Å². The zero-order valence-electron chi connectivity index (χ0n) is 19.9. The van der Waals surface area contributed by atoms with Gasteiger partial charge in [0.25, 0.3) is 0 Å². The molecule has 15 heteroatoms. The molecule has 1 aromatic heterocycles. The van der Waals surface area contributed by atoms with Crippen molar-refractivity contribution in [2.75, 3.05) is 25.2 Å². The summed E-state index contributed by atoms with van der Waals surface area (Å²) in [7, 11) is 2.33. The number of carbonyl (C=O) groups is 2. The summed E-state index contributed by atoms with van der Waals surface area (Å²) in [6.45, 7) is 0.117. The summed E-state index contributed by atoms with van der Waals surface area (Å²) in [5, 5.41) is 38.7. The Labute approximate surface area is 204 Å². The van der Waals surface area contributed by atoms with E-state index < -0.39 is 73.1 Å². The van der Waals surface area contributed by atoms with Crippen molar-refractivity contribution < 1.29 is 39.5 Å². The Kier molecular flexibility index (Phi) is 13.0. The molecule has 0 fully saturated rings. The molecule has 0 amide bonds. The van der Waals surface area contributed by atoms with Gasteiger partial charge in [-0.15, -0.1) is 0 Å². The number of ether oxygens (including phenoxy) is 2. The van der Waals surface area contributed by atoms with E-state index in [2.05, 4.69) is 4.74 Å². The summed E-state index contributed by atoms with van der Waals surface area (Å²) in [5.41, 5.74) is -2.94. The normalized spacial score (nSPS) is 14.7. The Morgan fingerprint density at radius 3 is 1.94 bits per heavy atom. The van der Waals surface area contributed by atoms with Crippen LogP contribution in [0.2, 0.25) is 0 Å². The fraction of sp³-hybridized carbons (Fsp3) is 0.750. The first-order valence-corrected chi connectivity index (χ1v) is 12.0. The van der Waals surface area contributed by atoms with Crippen LogP contribution in [0.1, 0.15) is 26.2 Å². The molecule has 14 nitrogen and oxygen atoms in total. The monoisotopic (exact) mass is 523 g/mol. The van der Waals surface area contributed by atoms with Crippen LogP contribution in [0.25, 0.3) is 0 Å². The Morgan fingerprint density at radius 2 is 1.40 bits per heavy atom. The van der Waals surface area contributed by atoms with Crippen molar-refractivity contribution >= 4 is 23.7 Å². The zero-order chi connectivity index (χ0) is 26.7. The minimum Gasteiger partial charge on any atom is -0.469 e. The second-order valence-electron chi connectivity index (χ2n) is 7.92. The van der Waals surface area contributed by atoms with E-state index in [0.29, 0.717) is 13.7 Å². The molecule has 0 aliphatic heterocycles. The Balaban J connectivity index is 2.86. The molecule has 4 unspecified atom stereocenters. The highest BCUT2D eigenvalue weighted by molar-refractivity contribution is 7.99.